The quantitative estimate of drug-likeness (QED) is 0.581. The van der Waals surface area contributed by atoms with E-state index < -0.39 is 12.2 Å². The third-order valence-electron chi connectivity index (χ3n) is 1.61. The van der Waals surface area contributed by atoms with E-state index in [1.54, 1.807) is 0 Å². The first kappa shape index (κ1) is 10.5. The van der Waals surface area contributed by atoms with Crippen molar-refractivity contribution < 1.29 is 10.2 Å². The van der Waals surface area contributed by atoms with Gasteiger partial charge in [-0.15, -0.1) is 12.3 Å². The molecule has 2 heteroatoms. The molecule has 0 aliphatic carbocycles. The summed E-state index contributed by atoms with van der Waals surface area (Å²) >= 11 is 0. The van der Waals surface area contributed by atoms with E-state index in [1.165, 1.54) is 0 Å². The van der Waals surface area contributed by atoms with Gasteiger partial charge in [-0.2, -0.15) is 0 Å². The molecule has 11 heavy (non-hydrogen) atoms. The standard InChI is InChI=1S/C9H16O2/c1-3-5-7-9(11)8(10)6-4-2/h1,8-11H,4-7H2,2H3. The number of hydrogen-bond donors (Lipinski definition) is 2. The van der Waals surface area contributed by atoms with Crippen LogP contribution in [0.15, 0.2) is 0 Å². The van der Waals surface area contributed by atoms with Crippen molar-refractivity contribution in [2.75, 3.05) is 0 Å². The van der Waals surface area contributed by atoms with Crippen LogP contribution in [-0.2, 0) is 0 Å². The summed E-state index contributed by atoms with van der Waals surface area (Å²) in [4.78, 5) is 0. The van der Waals surface area contributed by atoms with Gasteiger partial charge in [0.05, 0.1) is 12.2 Å². The maximum Gasteiger partial charge on any atom is 0.0808 e. The monoisotopic (exact) mass is 156 g/mol. The summed E-state index contributed by atoms with van der Waals surface area (Å²) in [7, 11) is 0. The van der Waals surface area contributed by atoms with Gasteiger partial charge < -0.3 is 10.2 Å². The van der Waals surface area contributed by atoms with Crippen molar-refractivity contribution in [3.05, 3.63) is 0 Å². The zero-order valence-corrected chi connectivity index (χ0v) is 6.95. The van der Waals surface area contributed by atoms with Gasteiger partial charge in [0.25, 0.3) is 0 Å². The predicted octanol–water partition coefficient (Wildman–Crippen LogP) is 0.922. The van der Waals surface area contributed by atoms with Gasteiger partial charge in [0.15, 0.2) is 0 Å². The molecule has 0 amide bonds. The van der Waals surface area contributed by atoms with Gasteiger partial charge in [0.1, 0.15) is 0 Å². The smallest absolute Gasteiger partial charge is 0.0808 e. The van der Waals surface area contributed by atoms with E-state index >= 15 is 0 Å². The van der Waals surface area contributed by atoms with Gasteiger partial charge in [-0.1, -0.05) is 13.3 Å². The Balaban J connectivity index is 3.47. The highest BCUT2D eigenvalue weighted by atomic mass is 16.3. The first-order valence-electron chi connectivity index (χ1n) is 4.02. The SMILES string of the molecule is C#CCCC(O)C(O)CCC. The fourth-order valence-corrected chi connectivity index (χ4v) is 0.912. The zero-order valence-electron chi connectivity index (χ0n) is 6.95. The van der Waals surface area contributed by atoms with Gasteiger partial charge >= 0.3 is 0 Å². The van der Waals surface area contributed by atoms with Crippen LogP contribution in [0, 0.1) is 12.3 Å². The van der Waals surface area contributed by atoms with Crippen LogP contribution in [0.25, 0.3) is 0 Å². The lowest BCUT2D eigenvalue weighted by molar-refractivity contribution is 0.0105. The Labute approximate surface area is 68.2 Å². The second-order valence-corrected chi connectivity index (χ2v) is 2.67. The maximum atomic E-state index is 9.23. The van der Waals surface area contributed by atoms with Gasteiger partial charge in [0.2, 0.25) is 0 Å². The fourth-order valence-electron chi connectivity index (χ4n) is 0.912. The number of aliphatic hydroxyl groups is 2. The second-order valence-electron chi connectivity index (χ2n) is 2.67. The molecular formula is C9H16O2. The summed E-state index contributed by atoms with van der Waals surface area (Å²) in [6.45, 7) is 1.97. The first-order chi connectivity index (χ1) is 5.22. The molecule has 2 unspecified atom stereocenters. The molecule has 2 nitrogen and oxygen atoms in total. The molecule has 2 N–H and O–H groups in total. The second kappa shape index (κ2) is 6.21. The van der Waals surface area contributed by atoms with E-state index in [-0.39, 0.29) is 0 Å². The Bertz CT molecular complexity index is 126. The Morgan fingerprint density at radius 3 is 2.27 bits per heavy atom. The molecule has 2 atom stereocenters. The lowest BCUT2D eigenvalue weighted by Crippen LogP contribution is -2.25. The minimum absolute atomic E-state index is 0.498. The highest BCUT2D eigenvalue weighted by molar-refractivity contribution is 4.85. The molecule has 0 rings (SSSR count). The van der Waals surface area contributed by atoms with Gasteiger partial charge in [-0.3, -0.25) is 0 Å². The fraction of sp³-hybridized carbons (Fsp3) is 0.778. The summed E-state index contributed by atoms with van der Waals surface area (Å²) in [6, 6.07) is 0. The van der Waals surface area contributed by atoms with Crippen LogP contribution in [0.5, 0.6) is 0 Å². The molecule has 0 aromatic heterocycles. The van der Waals surface area contributed by atoms with Crippen LogP contribution in [-0.4, -0.2) is 22.4 Å². The van der Waals surface area contributed by atoms with Crippen molar-refractivity contribution in [2.45, 2.75) is 44.8 Å². The lowest BCUT2D eigenvalue weighted by atomic mass is 10.1. The summed E-state index contributed by atoms with van der Waals surface area (Å²) in [5.74, 6) is 2.42. The highest BCUT2D eigenvalue weighted by Gasteiger charge is 2.13. The zero-order chi connectivity index (χ0) is 8.69. The van der Waals surface area contributed by atoms with E-state index in [0.717, 1.165) is 6.42 Å². The van der Waals surface area contributed by atoms with Crippen LogP contribution in [0.1, 0.15) is 32.6 Å². The molecule has 0 saturated carbocycles. The number of aliphatic hydroxyl groups excluding tert-OH is 2. The molecule has 0 bridgehead atoms. The van der Waals surface area contributed by atoms with Crippen molar-refractivity contribution >= 4 is 0 Å². The summed E-state index contributed by atoms with van der Waals surface area (Å²) < 4.78 is 0. The Kier molecular flexibility index (Phi) is 5.91. The molecule has 0 radical (unpaired) electrons. The van der Waals surface area contributed by atoms with Crippen LogP contribution in [0.2, 0.25) is 0 Å². The van der Waals surface area contributed by atoms with Gasteiger partial charge in [-0.05, 0) is 12.8 Å². The van der Waals surface area contributed by atoms with E-state index in [4.69, 9.17) is 6.42 Å². The number of hydrogen-bond acceptors (Lipinski definition) is 2. The lowest BCUT2D eigenvalue weighted by Gasteiger charge is -2.15. The van der Waals surface area contributed by atoms with Gasteiger partial charge in [-0.25, -0.2) is 0 Å². The van der Waals surface area contributed by atoms with E-state index in [0.29, 0.717) is 19.3 Å². The molecule has 0 aromatic carbocycles. The van der Waals surface area contributed by atoms with Crippen molar-refractivity contribution in [1.29, 1.82) is 0 Å². The van der Waals surface area contributed by atoms with Gasteiger partial charge in [0, 0.05) is 6.42 Å². The largest absolute Gasteiger partial charge is 0.390 e. The van der Waals surface area contributed by atoms with E-state index in [2.05, 4.69) is 5.92 Å². The Morgan fingerprint density at radius 1 is 1.27 bits per heavy atom. The Hall–Kier alpha value is -0.520. The molecule has 0 fully saturated rings. The highest BCUT2D eigenvalue weighted by Crippen LogP contribution is 2.06. The molecule has 0 aliphatic heterocycles. The number of terminal acetylenes is 1. The van der Waals surface area contributed by atoms with Crippen LogP contribution in [0.4, 0.5) is 0 Å². The molecule has 0 aromatic rings. The molecule has 0 spiro atoms. The van der Waals surface area contributed by atoms with Crippen molar-refractivity contribution in [2.24, 2.45) is 0 Å². The average molecular weight is 156 g/mol. The van der Waals surface area contributed by atoms with Crippen LogP contribution in [0.3, 0.4) is 0 Å². The number of rotatable bonds is 5. The van der Waals surface area contributed by atoms with Crippen LogP contribution >= 0.6 is 0 Å². The summed E-state index contributed by atoms with van der Waals surface area (Å²) in [6.07, 6.45) is 6.31. The normalized spacial score (nSPS) is 15.5. The van der Waals surface area contributed by atoms with E-state index in [9.17, 15) is 10.2 Å². The summed E-state index contributed by atoms with van der Waals surface area (Å²) in [5.41, 5.74) is 0. The van der Waals surface area contributed by atoms with Crippen molar-refractivity contribution in [3.8, 4) is 12.3 Å². The predicted molar refractivity (Wildman–Crippen MR) is 45.0 cm³/mol. The topological polar surface area (TPSA) is 40.5 Å². The minimum Gasteiger partial charge on any atom is -0.390 e. The first-order valence-corrected chi connectivity index (χ1v) is 4.02. The maximum absolute atomic E-state index is 9.23. The molecule has 0 saturated heterocycles. The average Bonchev–Trinajstić information content (AvgIpc) is 2.00. The molecule has 0 heterocycles. The van der Waals surface area contributed by atoms with E-state index in [1.807, 2.05) is 6.92 Å². The minimum atomic E-state index is -0.647. The van der Waals surface area contributed by atoms with Crippen molar-refractivity contribution in [3.63, 3.8) is 0 Å². The van der Waals surface area contributed by atoms with Crippen LogP contribution < -0.4 is 0 Å². The third-order valence-corrected chi connectivity index (χ3v) is 1.61. The summed E-state index contributed by atoms with van der Waals surface area (Å²) in [5, 5.41) is 18.5. The molecule has 0 aliphatic rings. The Morgan fingerprint density at radius 2 is 1.82 bits per heavy atom. The third kappa shape index (κ3) is 4.83. The molecular weight excluding hydrogens is 140 g/mol. The molecule has 64 valence electrons. The van der Waals surface area contributed by atoms with Crippen molar-refractivity contribution in [1.82, 2.24) is 0 Å².